The van der Waals surface area contributed by atoms with Crippen molar-refractivity contribution in [3.63, 3.8) is 0 Å². The molecule has 1 heterocycles. The van der Waals surface area contributed by atoms with Crippen molar-refractivity contribution in [2.75, 3.05) is 17.2 Å². The molecule has 23 heavy (non-hydrogen) atoms. The van der Waals surface area contributed by atoms with E-state index < -0.39 is 10.8 Å². The Balaban J connectivity index is 1.76. The number of benzene rings is 2. The van der Waals surface area contributed by atoms with Gasteiger partial charge in [-0.25, -0.2) is 0 Å². The molecule has 0 aliphatic carbocycles. The lowest BCUT2D eigenvalue weighted by molar-refractivity contribution is -0.116. The number of nitrogens with zero attached hydrogens (tertiary/aromatic N) is 1. The molecule has 0 saturated heterocycles. The third-order valence-electron chi connectivity index (χ3n) is 3.86. The number of anilines is 1. The Morgan fingerprint density at radius 1 is 1.22 bits per heavy atom. The third kappa shape index (κ3) is 3.51. The van der Waals surface area contributed by atoms with E-state index in [1.165, 1.54) is 5.56 Å². The van der Waals surface area contributed by atoms with Crippen LogP contribution < -0.4 is 4.90 Å². The van der Waals surface area contributed by atoms with E-state index in [0.717, 1.165) is 15.5 Å². The van der Waals surface area contributed by atoms with Gasteiger partial charge in [-0.2, -0.15) is 0 Å². The van der Waals surface area contributed by atoms with Crippen LogP contribution in [0.3, 0.4) is 0 Å². The fourth-order valence-corrected chi connectivity index (χ4v) is 4.67. The fourth-order valence-electron chi connectivity index (χ4n) is 2.58. The van der Waals surface area contributed by atoms with E-state index in [2.05, 4.69) is 0 Å². The molecule has 5 heteroatoms. The highest BCUT2D eigenvalue weighted by molar-refractivity contribution is 8.00. The molecule has 0 aromatic heterocycles. The van der Waals surface area contributed by atoms with Crippen molar-refractivity contribution >= 4 is 34.2 Å². The van der Waals surface area contributed by atoms with Gasteiger partial charge in [-0.3, -0.25) is 9.00 Å². The first kappa shape index (κ1) is 16.3. The maximum absolute atomic E-state index is 12.7. The van der Waals surface area contributed by atoms with E-state index in [9.17, 15) is 9.00 Å². The first-order valence-electron chi connectivity index (χ1n) is 7.55. The van der Waals surface area contributed by atoms with Crippen LogP contribution in [0.5, 0.6) is 0 Å². The third-order valence-corrected chi connectivity index (χ3v) is 6.52. The highest BCUT2D eigenvalue weighted by Gasteiger charge is 2.30. The normalized spacial score (nSPS) is 20.2. The number of hydrogen-bond donors (Lipinski definition) is 0. The Labute approximate surface area is 143 Å². The van der Waals surface area contributed by atoms with Gasteiger partial charge < -0.3 is 4.90 Å². The van der Waals surface area contributed by atoms with Crippen molar-refractivity contribution in [2.45, 2.75) is 28.9 Å². The summed E-state index contributed by atoms with van der Waals surface area (Å²) in [5, 5.41) is -0.0433. The molecule has 2 atom stereocenters. The van der Waals surface area contributed by atoms with Gasteiger partial charge in [0.2, 0.25) is 5.91 Å². The average molecular weight is 345 g/mol. The standard InChI is InChI=1S/C18H19NO2S2/c1-13-7-9-15(10-8-13)22-12-18(20)19-11-14(2)23(21)17-6-4-3-5-16(17)19/h3-10,14H,11-12H2,1-2H3/t14-,23+/m0/s1. The highest BCUT2D eigenvalue weighted by atomic mass is 32.2. The molecule has 0 radical (unpaired) electrons. The van der Waals surface area contributed by atoms with Gasteiger partial charge in [-0.1, -0.05) is 29.8 Å². The maximum atomic E-state index is 12.7. The molecular weight excluding hydrogens is 326 g/mol. The second kappa shape index (κ2) is 6.89. The Morgan fingerprint density at radius 2 is 1.91 bits per heavy atom. The predicted octanol–water partition coefficient (Wildman–Crippen LogP) is 3.63. The van der Waals surface area contributed by atoms with Crippen LogP contribution in [-0.4, -0.2) is 27.7 Å². The van der Waals surface area contributed by atoms with E-state index >= 15 is 0 Å². The summed E-state index contributed by atoms with van der Waals surface area (Å²) in [6.45, 7) is 4.49. The van der Waals surface area contributed by atoms with Crippen LogP contribution >= 0.6 is 11.8 Å². The van der Waals surface area contributed by atoms with Crippen LogP contribution in [0, 0.1) is 6.92 Å². The average Bonchev–Trinajstić information content (AvgIpc) is 2.57. The summed E-state index contributed by atoms with van der Waals surface area (Å²) in [5.74, 6) is 0.447. The minimum absolute atomic E-state index is 0.0433. The van der Waals surface area contributed by atoms with E-state index in [-0.39, 0.29) is 11.2 Å². The molecule has 0 fully saturated rings. The molecule has 0 spiro atoms. The molecule has 1 aliphatic heterocycles. The van der Waals surface area contributed by atoms with Crippen molar-refractivity contribution in [2.24, 2.45) is 0 Å². The number of para-hydroxylation sites is 1. The molecular formula is C18H19NO2S2. The van der Waals surface area contributed by atoms with Crippen molar-refractivity contribution in [3.8, 4) is 0 Å². The molecule has 0 bridgehead atoms. The summed E-state index contributed by atoms with van der Waals surface area (Å²) in [7, 11) is -1.04. The first-order chi connectivity index (χ1) is 11.1. The number of rotatable bonds is 3. The van der Waals surface area contributed by atoms with Crippen LogP contribution in [0.4, 0.5) is 5.69 Å². The van der Waals surface area contributed by atoms with Crippen LogP contribution in [0.2, 0.25) is 0 Å². The summed E-state index contributed by atoms with van der Waals surface area (Å²) < 4.78 is 12.4. The number of fused-ring (bicyclic) bond motifs is 1. The summed E-state index contributed by atoms with van der Waals surface area (Å²) in [5.41, 5.74) is 2.00. The largest absolute Gasteiger partial charge is 0.309 e. The number of carbonyl (C=O) groups is 1. The Morgan fingerprint density at radius 3 is 2.65 bits per heavy atom. The maximum Gasteiger partial charge on any atom is 0.237 e. The van der Waals surface area contributed by atoms with Crippen LogP contribution in [0.15, 0.2) is 58.3 Å². The number of carbonyl (C=O) groups excluding carboxylic acids is 1. The fraction of sp³-hybridized carbons (Fsp3) is 0.278. The van der Waals surface area contributed by atoms with Crippen LogP contribution in [0.25, 0.3) is 0 Å². The lowest BCUT2D eigenvalue weighted by Gasteiger charge is -2.32. The molecule has 0 saturated carbocycles. The summed E-state index contributed by atoms with van der Waals surface area (Å²) >= 11 is 1.54. The van der Waals surface area contributed by atoms with E-state index in [0.29, 0.717) is 12.3 Å². The zero-order valence-corrected chi connectivity index (χ0v) is 14.8. The van der Waals surface area contributed by atoms with Gasteiger partial charge in [0.1, 0.15) is 0 Å². The Bertz CT molecular complexity index is 743. The minimum Gasteiger partial charge on any atom is -0.309 e. The van der Waals surface area contributed by atoms with Gasteiger partial charge in [-0.15, -0.1) is 11.8 Å². The van der Waals surface area contributed by atoms with Crippen molar-refractivity contribution in [1.82, 2.24) is 0 Å². The molecule has 120 valence electrons. The number of amides is 1. The smallest absolute Gasteiger partial charge is 0.237 e. The molecule has 1 amide bonds. The summed E-state index contributed by atoms with van der Waals surface area (Å²) in [4.78, 5) is 16.3. The first-order valence-corrected chi connectivity index (χ1v) is 9.75. The second-order valence-corrected chi connectivity index (χ2v) is 8.57. The molecule has 3 rings (SSSR count). The van der Waals surface area contributed by atoms with Gasteiger partial charge in [0.05, 0.1) is 32.4 Å². The van der Waals surface area contributed by atoms with Gasteiger partial charge >= 0.3 is 0 Å². The second-order valence-electron chi connectivity index (χ2n) is 5.68. The molecule has 0 unspecified atom stereocenters. The van der Waals surface area contributed by atoms with E-state index in [1.54, 1.807) is 16.7 Å². The van der Waals surface area contributed by atoms with Crippen LogP contribution in [0.1, 0.15) is 12.5 Å². The van der Waals surface area contributed by atoms with Crippen molar-refractivity contribution in [3.05, 3.63) is 54.1 Å². The van der Waals surface area contributed by atoms with E-state index in [4.69, 9.17) is 0 Å². The van der Waals surface area contributed by atoms with Gasteiger partial charge in [-0.05, 0) is 38.1 Å². The topological polar surface area (TPSA) is 37.4 Å². The monoisotopic (exact) mass is 345 g/mol. The minimum atomic E-state index is -1.04. The van der Waals surface area contributed by atoms with Crippen molar-refractivity contribution in [1.29, 1.82) is 0 Å². The zero-order chi connectivity index (χ0) is 16.4. The number of hydrogen-bond acceptors (Lipinski definition) is 3. The lowest BCUT2D eigenvalue weighted by Crippen LogP contribution is -2.43. The molecule has 2 aromatic carbocycles. The molecule has 0 N–H and O–H groups in total. The lowest BCUT2D eigenvalue weighted by atomic mass is 10.2. The SMILES string of the molecule is Cc1ccc(SCC(=O)N2C[C@H](C)[S@@](=O)c3ccccc32)cc1. The quantitative estimate of drug-likeness (QED) is 0.797. The van der Waals surface area contributed by atoms with Crippen molar-refractivity contribution < 1.29 is 9.00 Å². The summed E-state index contributed by atoms with van der Waals surface area (Å²) in [6, 6.07) is 15.7. The molecule has 3 nitrogen and oxygen atoms in total. The predicted molar refractivity (Wildman–Crippen MR) is 96.6 cm³/mol. The zero-order valence-electron chi connectivity index (χ0n) is 13.2. The molecule has 2 aromatic rings. The van der Waals surface area contributed by atoms with E-state index in [1.807, 2.05) is 62.4 Å². The Hall–Kier alpha value is -1.59. The van der Waals surface area contributed by atoms with Gasteiger partial charge in [0.15, 0.2) is 0 Å². The summed E-state index contributed by atoms with van der Waals surface area (Å²) in [6.07, 6.45) is 0. The molecule has 1 aliphatic rings. The highest BCUT2D eigenvalue weighted by Crippen LogP contribution is 2.32. The van der Waals surface area contributed by atoms with Gasteiger partial charge in [0.25, 0.3) is 0 Å². The number of aryl methyl sites for hydroxylation is 1. The number of thioether (sulfide) groups is 1. The van der Waals surface area contributed by atoms with Crippen LogP contribution in [-0.2, 0) is 15.6 Å². The Kier molecular flexibility index (Phi) is 4.87. The van der Waals surface area contributed by atoms with Gasteiger partial charge in [0, 0.05) is 11.4 Å².